The number of amides is 2. The zero-order valence-electron chi connectivity index (χ0n) is 19.2. The fraction of sp³-hybridized carbons (Fsp3) is 0.440. The van der Waals surface area contributed by atoms with E-state index in [9.17, 15) is 18.0 Å². The van der Waals surface area contributed by atoms with Crippen molar-refractivity contribution < 1.29 is 22.6 Å². The number of carbonyl (C=O) groups is 2. The van der Waals surface area contributed by atoms with E-state index in [1.54, 1.807) is 24.3 Å². The summed E-state index contributed by atoms with van der Waals surface area (Å²) < 4.78 is 31.1. The number of unbranched alkanes of at least 4 members (excludes halogenated alkanes) is 8. The van der Waals surface area contributed by atoms with E-state index in [0.717, 1.165) is 12.8 Å². The van der Waals surface area contributed by atoms with Crippen LogP contribution in [-0.4, -0.2) is 24.8 Å². The third-order valence-electron chi connectivity index (χ3n) is 5.35. The van der Waals surface area contributed by atoms with Crippen LogP contribution < -0.4 is 10.6 Å². The van der Waals surface area contributed by atoms with Crippen LogP contribution in [0.15, 0.2) is 53.4 Å². The Morgan fingerprint density at radius 3 is 1.76 bits per heavy atom. The van der Waals surface area contributed by atoms with Crippen LogP contribution in [0.3, 0.4) is 0 Å². The molecule has 2 rings (SSSR count). The smallest absolute Gasteiger partial charge is 0.294 e. The molecule has 0 aliphatic carbocycles. The number of nitrogens with one attached hydrogen (secondary N) is 2. The summed E-state index contributed by atoms with van der Waals surface area (Å²) in [6, 6.07) is 11.7. The van der Waals surface area contributed by atoms with Gasteiger partial charge in [0.1, 0.15) is 0 Å². The highest BCUT2D eigenvalue weighted by atomic mass is 32.2. The molecule has 0 aromatic heterocycles. The maximum atomic E-state index is 12.4. The van der Waals surface area contributed by atoms with E-state index in [2.05, 4.69) is 17.6 Å². The quantitative estimate of drug-likeness (QED) is 0.228. The molecule has 0 bridgehead atoms. The van der Waals surface area contributed by atoms with Gasteiger partial charge in [0.25, 0.3) is 16.0 Å². The van der Waals surface area contributed by atoms with E-state index in [-0.39, 0.29) is 16.7 Å². The number of hydrogen-bond donors (Lipinski definition) is 3. The van der Waals surface area contributed by atoms with Crippen molar-refractivity contribution in [3.63, 3.8) is 0 Å². The fourth-order valence-corrected chi connectivity index (χ4v) is 3.92. The molecule has 0 atom stereocenters. The van der Waals surface area contributed by atoms with E-state index >= 15 is 0 Å². The van der Waals surface area contributed by atoms with E-state index in [1.807, 2.05) is 0 Å². The highest BCUT2D eigenvalue weighted by Gasteiger charge is 2.11. The van der Waals surface area contributed by atoms with Gasteiger partial charge in [-0.15, -0.1) is 0 Å². The number of rotatable bonds is 14. The van der Waals surface area contributed by atoms with Gasteiger partial charge in [0, 0.05) is 23.4 Å². The Kier molecular flexibility index (Phi) is 11.1. The van der Waals surface area contributed by atoms with Crippen molar-refractivity contribution in [2.75, 3.05) is 10.6 Å². The molecule has 0 heterocycles. The molecule has 0 spiro atoms. The SMILES string of the molecule is CCCCCCCCCCCC(=O)Nc1ccc(C(=O)Nc2ccc(S(=O)(=O)O)cc2)cc1. The molecule has 0 unspecified atom stereocenters. The van der Waals surface area contributed by atoms with Gasteiger partial charge in [-0.3, -0.25) is 14.1 Å². The highest BCUT2D eigenvalue weighted by Crippen LogP contribution is 2.16. The monoisotopic (exact) mass is 474 g/mol. The Bertz CT molecular complexity index is 986. The Hall–Kier alpha value is -2.71. The van der Waals surface area contributed by atoms with Crippen LogP contribution in [0, 0.1) is 0 Å². The molecule has 7 nitrogen and oxygen atoms in total. The molecule has 8 heteroatoms. The van der Waals surface area contributed by atoms with Crippen molar-refractivity contribution in [2.24, 2.45) is 0 Å². The predicted molar refractivity (Wildman–Crippen MR) is 131 cm³/mol. The molecule has 0 radical (unpaired) electrons. The van der Waals surface area contributed by atoms with Gasteiger partial charge in [-0.1, -0.05) is 58.3 Å². The maximum Gasteiger partial charge on any atom is 0.294 e. The summed E-state index contributed by atoms with van der Waals surface area (Å²) in [5.41, 5.74) is 1.42. The van der Waals surface area contributed by atoms with Crippen molar-refractivity contribution >= 4 is 33.3 Å². The van der Waals surface area contributed by atoms with Crippen LogP contribution in [0.2, 0.25) is 0 Å². The molecular formula is C25H34N2O5S. The zero-order valence-corrected chi connectivity index (χ0v) is 20.0. The van der Waals surface area contributed by atoms with Crippen LogP contribution in [0.5, 0.6) is 0 Å². The Balaban J connectivity index is 1.70. The van der Waals surface area contributed by atoms with Gasteiger partial charge in [0.05, 0.1) is 4.90 Å². The van der Waals surface area contributed by atoms with Crippen LogP contribution in [0.4, 0.5) is 11.4 Å². The maximum absolute atomic E-state index is 12.4. The minimum Gasteiger partial charge on any atom is -0.326 e. The summed E-state index contributed by atoms with van der Waals surface area (Å²) in [4.78, 5) is 24.2. The standard InChI is InChI=1S/C25H34N2O5S/c1-2-3-4-5-6-7-8-9-10-11-24(28)26-21-14-12-20(13-15-21)25(29)27-22-16-18-23(19-17-22)33(30,31)32/h12-19H,2-11H2,1H3,(H,26,28)(H,27,29)(H,30,31,32). The predicted octanol–water partition coefficient (Wildman–Crippen LogP) is 6.05. The fourth-order valence-electron chi connectivity index (χ4n) is 3.44. The average molecular weight is 475 g/mol. The first-order valence-corrected chi connectivity index (χ1v) is 13.0. The summed E-state index contributed by atoms with van der Waals surface area (Å²) in [7, 11) is -4.28. The molecule has 0 aliphatic heterocycles. The molecular weight excluding hydrogens is 440 g/mol. The molecule has 0 fully saturated rings. The highest BCUT2D eigenvalue weighted by molar-refractivity contribution is 7.85. The summed E-state index contributed by atoms with van der Waals surface area (Å²) in [6.07, 6.45) is 11.3. The summed E-state index contributed by atoms with van der Waals surface area (Å²) in [6.45, 7) is 2.22. The molecule has 180 valence electrons. The Labute approximate surface area is 196 Å². The number of anilines is 2. The third kappa shape index (κ3) is 10.2. The molecule has 0 aliphatic rings. The van der Waals surface area contributed by atoms with Crippen molar-refractivity contribution in [3.8, 4) is 0 Å². The van der Waals surface area contributed by atoms with Crippen LogP contribution in [0.1, 0.15) is 81.5 Å². The second kappa shape index (κ2) is 13.7. The van der Waals surface area contributed by atoms with Crippen LogP contribution in [-0.2, 0) is 14.9 Å². The van der Waals surface area contributed by atoms with Crippen LogP contribution >= 0.6 is 0 Å². The molecule has 3 N–H and O–H groups in total. The zero-order chi connectivity index (χ0) is 24.1. The Morgan fingerprint density at radius 1 is 0.727 bits per heavy atom. The minimum atomic E-state index is -4.28. The van der Waals surface area contributed by atoms with Crippen molar-refractivity contribution in [1.82, 2.24) is 0 Å². The second-order valence-corrected chi connectivity index (χ2v) is 9.58. The third-order valence-corrected chi connectivity index (χ3v) is 6.22. The van der Waals surface area contributed by atoms with Crippen molar-refractivity contribution in [3.05, 3.63) is 54.1 Å². The van der Waals surface area contributed by atoms with Crippen LogP contribution in [0.25, 0.3) is 0 Å². The van der Waals surface area contributed by atoms with Gasteiger partial charge in [0.2, 0.25) is 5.91 Å². The lowest BCUT2D eigenvalue weighted by Crippen LogP contribution is -2.13. The summed E-state index contributed by atoms with van der Waals surface area (Å²) in [5.74, 6) is -0.406. The number of hydrogen-bond acceptors (Lipinski definition) is 4. The first-order valence-electron chi connectivity index (χ1n) is 11.6. The van der Waals surface area contributed by atoms with Gasteiger partial charge >= 0.3 is 0 Å². The molecule has 2 aromatic carbocycles. The summed E-state index contributed by atoms with van der Waals surface area (Å²) in [5, 5.41) is 5.51. The number of carbonyl (C=O) groups excluding carboxylic acids is 2. The topological polar surface area (TPSA) is 113 Å². The van der Waals surface area contributed by atoms with E-state index in [4.69, 9.17) is 4.55 Å². The lowest BCUT2D eigenvalue weighted by Gasteiger charge is -2.08. The van der Waals surface area contributed by atoms with Gasteiger partial charge in [-0.25, -0.2) is 0 Å². The largest absolute Gasteiger partial charge is 0.326 e. The first-order chi connectivity index (χ1) is 15.8. The molecule has 33 heavy (non-hydrogen) atoms. The number of benzene rings is 2. The van der Waals surface area contributed by atoms with Gasteiger partial charge in [-0.05, 0) is 55.0 Å². The molecule has 2 aromatic rings. The van der Waals surface area contributed by atoms with E-state index in [1.165, 1.54) is 69.2 Å². The van der Waals surface area contributed by atoms with Crippen molar-refractivity contribution in [1.29, 1.82) is 0 Å². The van der Waals surface area contributed by atoms with E-state index in [0.29, 0.717) is 23.4 Å². The molecule has 2 amide bonds. The lowest BCUT2D eigenvalue weighted by atomic mass is 10.1. The van der Waals surface area contributed by atoms with Gasteiger partial charge in [-0.2, -0.15) is 8.42 Å². The first kappa shape index (κ1) is 26.5. The average Bonchev–Trinajstić information content (AvgIpc) is 2.78. The normalized spacial score (nSPS) is 11.2. The molecule has 0 saturated carbocycles. The van der Waals surface area contributed by atoms with E-state index < -0.39 is 10.1 Å². The minimum absolute atomic E-state index is 0.0333. The lowest BCUT2D eigenvalue weighted by molar-refractivity contribution is -0.116. The molecule has 0 saturated heterocycles. The van der Waals surface area contributed by atoms with Crippen molar-refractivity contribution in [2.45, 2.75) is 76.0 Å². The van der Waals surface area contributed by atoms with Gasteiger partial charge in [0.15, 0.2) is 0 Å². The summed E-state index contributed by atoms with van der Waals surface area (Å²) >= 11 is 0. The Morgan fingerprint density at radius 2 is 1.21 bits per heavy atom. The van der Waals surface area contributed by atoms with Gasteiger partial charge < -0.3 is 10.6 Å². The second-order valence-electron chi connectivity index (χ2n) is 8.16.